The Hall–Kier alpha value is -1.80. The van der Waals surface area contributed by atoms with Gasteiger partial charge in [-0.25, -0.2) is 0 Å². The van der Waals surface area contributed by atoms with Gasteiger partial charge < -0.3 is 28.4 Å². The lowest BCUT2D eigenvalue weighted by Crippen LogP contribution is -2.59. The molecule has 0 N–H and O–H groups in total. The van der Waals surface area contributed by atoms with Gasteiger partial charge in [0.1, 0.15) is 11.5 Å². The monoisotopic (exact) mass is 344 g/mol. The van der Waals surface area contributed by atoms with Crippen LogP contribution in [0.3, 0.4) is 0 Å². The van der Waals surface area contributed by atoms with E-state index in [1.165, 1.54) is 28.4 Å². The lowest BCUT2D eigenvalue weighted by molar-refractivity contribution is -0.385. The van der Waals surface area contributed by atoms with Gasteiger partial charge in [-0.2, -0.15) is 0 Å². The predicted octanol–water partition coefficient (Wildman–Crippen LogP) is 1.34. The molecule has 0 aromatic heterocycles. The van der Waals surface area contributed by atoms with Gasteiger partial charge in [0.25, 0.3) is 11.6 Å². The average molecular weight is 344 g/mol. The van der Waals surface area contributed by atoms with E-state index in [4.69, 9.17) is 28.4 Å². The molecule has 0 aromatic carbocycles. The molecular formula is C16H24O8. The van der Waals surface area contributed by atoms with Crippen LogP contribution in [0.4, 0.5) is 0 Å². The fourth-order valence-corrected chi connectivity index (χ4v) is 3.02. The second-order valence-corrected chi connectivity index (χ2v) is 6.02. The van der Waals surface area contributed by atoms with Crippen LogP contribution < -0.4 is 0 Å². The van der Waals surface area contributed by atoms with Crippen LogP contribution in [0.25, 0.3) is 0 Å². The molecule has 2 aliphatic rings. The summed E-state index contributed by atoms with van der Waals surface area (Å²) in [7, 11) is 5.51. The lowest BCUT2D eigenvalue weighted by atomic mass is 9.80. The number of carbonyl (C=O) groups excluding carboxylic acids is 2. The van der Waals surface area contributed by atoms with Crippen molar-refractivity contribution < 1.29 is 38.0 Å². The number of methoxy groups -OCH3 is 4. The van der Waals surface area contributed by atoms with E-state index in [1.54, 1.807) is 13.8 Å². The minimum atomic E-state index is -1.21. The smallest absolute Gasteiger partial charge is 0.310 e. The van der Waals surface area contributed by atoms with Gasteiger partial charge in [-0.05, 0) is 0 Å². The van der Waals surface area contributed by atoms with Gasteiger partial charge in [0, 0.05) is 40.9 Å². The molecule has 0 radical (unpaired) electrons. The van der Waals surface area contributed by atoms with E-state index in [2.05, 4.69) is 0 Å². The molecular weight excluding hydrogens is 320 g/mol. The second-order valence-electron chi connectivity index (χ2n) is 6.02. The number of carbonyl (C=O) groups is 2. The van der Waals surface area contributed by atoms with Gasteiger partial charge in [0.2, 0.25) is 0 Å². The van der Waals surface area contributed by atoms with E-state index < -0.39 is 35.3 Å². The summed E-state index contributed by atoms with van der Waals surface area (Å²) in [5.41, 5.74) is 0. The Morgan fingerprint density at radius 2 is 1.17 bits per heavy atom. The molecule has 4 atom stereocenters. The molecule has 136 valence electrons. The third-order valence-corrected chi connectivity index (χ3v) is 4.86. The summed E-state index contributed by atoms with van der Waals surface area (Å²) in [5, 5.41) is 0. The Bertz CT molecular complexity index is 508. The predicted molar refractivity (Wildman–Crippen MR) is 80.3 cm³/mol. The van der Waals surface area contributed by atoms with Crippen molar-refractivity contribution in [1.82, 2.24) is 0 Å². The summed E-state index contributed by atoms with van der Waals surface area (Å²) in [6.07, 6.45) is 0.307. The Kier molecular flexibility index (Phi) is 5.10. The van der Waals surface area contributed by atoms with Gasteiger partial charge in [0.05, 0.1) is 26.1 Å². The van der Waals surface area contributed by atoms with E-state index in [0.29, 0.717) is 11.5 Å². The molecule has 0 saturated heterocycles. The summed E-state index contributed by atoms with van der Waals surface area (Å²) in [4.78, 5) is 24.2. The van der Waals surface area contributed by atoms with Crippen LogP contribution >= 0.6 is 0 Å². The number of hydrogen-bond donors (Lipinski definition) is 0. The van der Waals surface area contributed by atoms with Gasteiger partial charge in [-0.1, -0.05) is 0 Å². The van der Waals surface area contributed by atoms with Crippen molar-refractivity contribution in [2.45, 2.75) is 38.3 Å². The van der Waals surface area contributed by atoms with E-state index in [1.807, 2.05) is 0 Å². The van der Waals surface area contributed by atoms with Crippen molar-refractivity contribution in [2.24, 2.45) is 11.8 Å². The van der Waals surface area contributed by atoms with Crippen LogP contribution in [0.15, 0.2) is 11.5 Å². The first-order chi connectivity index (χ1) is 11.2. The number of ether oxygens (including phenoxy) is 6. The van der Waals surface area contributed by atoms with Crippen molar-refractivity contribution in [2.75, 3.05) is 28.4 Å². The van der Waals surface area contributed by atoms with Crippen molar-refractivity contribution >= 4 is 11.9 Å². The van der Waals surface area contributed by atoms with Crippen LogP contribution in [0, 0.1) is 11.8 Å². The van der Waals surface area contributed by atoms with E-state index in [-0.39, 0.29) is 12.8 Å². The lowest BCUT2D eigenvalue weighted by Gasteiger charge is -2.49. The highest BCUT2D eigenvalue weighted by molar-refractivity contribution is 5.83. The van der Waals surface area contributed by atoms with E-state index >= 15 is 0 Å². The number of rotatable bonds is 4. The maximum Gasteiger partial charge on any atom is 0.310 e. The van der Waals surface area contributed by atoms with Gasteiger partial charge in [-0.15, -0.1) is 0 Å². The highest BCUT2D eigenvalue weighted by Crippen LogP contribution is 2.47. The van der Waals surface area contributed by atoms with Crippen LogP contribution in [-0.2, 0) is 38.0 Å². The quantitative estimate of drug-likeness (QED) is 0.706. The Morgan fingerprint density at radius 1 is 0.833 bits per heavy atom. The average Bonchev–Trinajstić information content (AvgIpc) is 2.60. The van der Waals surface area contributed by atoms with Gasteiger partial charge in [0.15, 0.2) is 0 Å². The number of allylic oxidation sites excluding steroid dienone is 2. The molecule has 0 saturated carbocycles. The molecule has 8 nitrogen and oxygen atoms in total. The molecule has 0 unspecified atom stereocenters. The van der Waals surface area contributed by atoms with Crippen molar-refractivity contribution in [1.29, 1.82) is 0 Å². The van der Waals surface area contributed by atoms with Crippen molar-refractivity contribution in [3.8, 4) is 0 Å². The van der Waals surface area contributed by atoms with Crippen LogP contribution in [0.5, 0.6) is 0 Å². The first-order valence-electron chi connectivity index (χ1n) is 7.61. The molecule has 2 rings (SSSR count). The van der Waals surface area contributed by atoms with Crippen molar-refractivity contribution in [3.63, 3.8) is 0 Å². The summed E-state index contributed by atoms with van der Waals surface area (Å²) in [6, 6.07) is 0. The van der Waals surface area contributed by atoms with E-state index in [9.17, 15) is 9.59 Å². The standard InChI is InChI=1S/C16H24O8/c1-15(21-5)16(2,22-6)24-12-8-10(14(18)20-4)9(13(17)19-3)7-11(12)23-15/h9-10H,7-8H2,1-6H3/t9-,10-,15-,16-/m1/s1. The molecule has 24 heavy (non-hydrogen) atoms. The van der Waals surface area contributed by atoms with Gasteiger partial charge >= 0.3 is 11.9 Å². The Labute approximate surface area is 141 Å². The molecule has 1 aliphatic carbocycles. The molecule has 1 aliphatic heterocycles. The SMILES string of the molecule is COC(=O)[C@@H]1CC2=C(C[C@H]1C(=O)OC)O[C@@](C)(OC)[C@](C)(OC)O2. The third kappa shape index (κ3) is 2.84. The highest BCUT2D eigenvalue weighted by Gasteiger charge is 2.57. The Morgan fingerprint density at radius 3 is 1.42 bits per heavy atom. The van der Waals surface area contributed by atoms with Crippen LogP contribution in [0.1, 0.15) is 26.7 Å². The topological polar surface area (TPSA) is 89.5 Å². The number of hydrogen-bond acceptors (Lipinski definition) is 8. The maximum atomic E-state index is 12.1. The molecule has 0 aromatic rings. The fraction of sp³-hybridized carbons (Fsp3) is 0.750. The minimum absolute atomic E-state index is 0.153. The minimum Gasteiger partial charge on any atom is -0.469 e. The zero-order valence-corrected chi connectivity index (χ0v) is 14.8. The van der Waals surface area contributed by atoms with Crippen molar-refractivity contribution in [3.05, 3.63) is 11.5 Å². The summed E-state index contributed by atoms with van der Waals surface area (Å²) in [5.74, 6) is -3.94. The first kappa shape index (κ1) is 18.5. The maximum absolute atomic E-state index is 12.1. The summed E-state index contributed by atoms with van der Waals surface area (Å²) >= 11 is 0. The molecule has 0 bridgehead atoms. The van der Waals surface area contributed by atoms with Crippen LogP contribution in [0.2, 0.25) is 0 Å². The van der Waals surface area contributed by atoms with E-state index in [0.717, 1.165) is 0 Å². The Balaban J connectivity index is 2.40. The summed E-state index contributed by atoms with van der Waals surface area (Å²) in [6.45, 7) is 3.36. The van der Waals surface area contributed by atoms with Gasteiger partial charge in [-0.3, -0.25) is 9.59 Å². The summed E-state index contributed by atoms with van der Waals surface area (Å²) < 4.78 is 32.4. The highest BCUT2D eigenvalue weighted by atomic mass is 16.8. The largest absolute Gasteiger partial charge is 0.469 e. The molecule has 0 fully saturated rings. The first-order valence-corrected chi connectivity index (χ1v) is 7.61. The molecule has 0 spiro atoms. The third-order valence-electron chi connectivity index (χ3n) is 4.86. The normalized spacial score (nSPS) is 35.4. The molecule has 0 amide bonds. The second kappa shape index (κ2) is 6.60. The zero-order chi connectivity index (χ0) is 18.1. The van der Waals surface area contributed by atoms with Crippen LogP contribution in [-0.4, -0.2) is 52.0 Å². The fourth-order valence-electron chi connectivity index (χ4n) is 3.02. The molecule has 1 heterocycles. The molecule has 8 heteroatoms. The zero-order valence-electron chi connectivity index (χ0n) is 14.8. The number of esters is 2.